The van der Waals surface area contributed by atoms with Gasteiger partial charge in [-0.2, -0.15) is 0 Å². The third-order valence-corrected chi connectivity index (χ3v) is 9.66. The fourth-order valence-corrected chi connectivity index (χ4v) is 7.38. The van der Waals surface area contributed by atoms with E-state index in [9.17, 15) is 4.91 Å². The number of benzene rings is 3. The summed E-state index contributed by atoms with van der Waals surface area (Å²) in [4.78, 5) is 12.4. The van der Waals surface area contributed by atoms with Crippen LogP contribution in [0.3, 0.4) is 0 Å². The van der Waals surface area contributed by atoms with Gasteiger partial charge in [0.25, 0.3) is 0 Å². The molecule has 3 unspecified atom stereocenters. The Hall–Kier alpha value is -2.91. The maximum atomic E-state index is 12.4. The molecule has 162 valence electrons. The third-order valence-electron chi connectivity index (χ3n) is 8.02. The Labute approximate surface area is 202 Å². The smallest absolute Gasteiger partial charge is 0.204 e. The Morgan fingerprint density at radius 1 is 1.09 bits per heavy atom. The molecule has 3 aliphatic heterocycles. The number of alkyl halides is 1. The van der Waals surface area contributed by atoms with E-state index in [0.717, 1.165) is 34.3 Å². The first-order valence-electron chi connectivity index (χ1n) is 11.1. The lowest BCUT2D eigenvalue weighted by Crippen LogP contribution is -2.44. The highest BCUT2D eigenvalue weighted by molar-refractivity contribution is 14.1. The van der Waals surface area contributed by atoms with Crippen LogP contribution in [-0.4, -0.2) is 12.7 Å². The van der Waals surface area contributed by atoms with Gasteiger partial charge in [0.15, 0.2) is 5.72 Å². The third kappa shape index (κ3) is 1.83. The molecule has 1 fully saturated rings. The molecule has 0 aliphatic carbocycles. The van der Waals surface area contributed by atoms with Crippen molar-refractivity contribution in [1.29, 1.82) is 0 Å². The van der Waals surface area contributed by atoms with Gasteiger partial charge in [0, 0.05) is 45.8 Å². The number of hydrogen-bond acceptors (Lipinski definition) is 4. The van der Waals surface area contributed by atoms with E-state index in [4.69, 9.17) is 4.74 Å². The summed E-state index contributed by atoms with van der Waals surface area (Å²) in [5, 5.41) is 12.0. The number of ether oxygens (including phenoxy) is 1. The molecule has 2 aromatic heterocycles. The maximum absolute atomic E-state index is 12.4. The SMILES string of the molecule is C=C1NCc2c1c1c3ccccc3n3c1c1c2c2ccccc2n1C1(C)OC3CC1(I)N=O. The molecule has 0 radical (unpaired) electrons. The van der Waals surface area contributed by atoms with Gasteiger partial charge in [-0.15, -0.1) is 4.91 Å². The van der Waals surface area contributed by atoms with Gasteiger partial charge in [-0.1, -0.05) is 43.0 Å². The van der Waals surface area contributed by atoms with Crippen LogP contribution in [0.4, 0.5) is 0 Å². The standard InChI is InChI=1S/C26H19IN4O2/c1-13-20-16(12-28-13)21-15-8-4-6-10-18(15)31-24(21)23-22(20)14-7-3-5-9-17(14)30(23)19-11-26(27,29-32)25(31,2)33-19/h3-10,19,28H,1,11-12H2,2H3. The summed E-state index contributed by atoms with van der Waals surface area (Å²) in [7, 11) is 0. The summed E-state index contributed by atoms with van der Waals surface area (Å²) in [5.74, 6) is 0. The number of aromatic nitrogens is 2. The number of nitrogens with one attached hydrogen (secondary N) is 1. The van der Waals surface area contributed by atoms with E-state index in [1.165, 1.54) is 32.7 Å². The van der Waals surface area contributed by atoms with Gasteiger partial charge in [-0.25, -0.2) is 0 Å². The van der Waals surface area contributed by atoms with E-state index >= 15 is 0 Å². The van der Waals surface area contributed by atoms with Crippen LogP contribution in [0, 0.1) is 4.91 Å². The van der Waals surface area contributed by atoms with Gasteiger partial charge in [0.05, 0.1) is 22.1 Å². The maximum Gasteiger partial charge on any atom is 0.204 e. The zero-order valence-corrected chi connectivity index (χ0v) is 20.0. The van der Waals surface area contributed by atoms with Gasteiger partial charge < -0.3 is 19.2 Å². The fourth-order valence-electron chi connectivity index (χ4n) is 6.64. The predicted molar refractivity (Wildman–Crippen MR) is 139 cm³/mol. The highest BCUT2D eigenvalue weighted by atomic mass is 127. The minimum Gasteiger partial charge on any atom is -0.381 e. The van der Waals surface area contributed by atoms with Crippen molar-refractivity contribution in [2.45, 2.75) is 35.4 Å². The lowest BCUT2D eigenvalue weighted by atomic mass is 9.95. The molecule has 1 N–H and O–H groups in total. The van der Waals surface area contributed by atoms with Crippen molar-refractivity contribution < 1.29 is 4.74 Å². The zero-order chi connectivity index (χ0) is 22.3. The van der Waals surface area contributed by atoms with E-state index in [1.807, 2.05) is 6.92 Å². The molecule has 7 heteroatoms. The number of nitroso groups, excluding NO2 is 1. The molecular weight excluding hydrogens is 527 g/mol. The Balaban J connectivity index is 1.79. The van der Waals surface area contributed by atoms with Gasteiger partial charge in [-0.3, -0.25) is 0 Å². The molecule has 1 saturated heterocycles. The van der Waals surface area contributed by atoms with Crippen molar-refractivity contribution in [2.24, 2.45) is 5.18 Å². The van der Waals surface area contributed by atoms with E-state index in [2.05, 4.69) is 97.3 Å². The molecule has 5 aromatic rings. The average Bonchev–Trinajstić information content (AvgIpc) is 3.51. The first-order valence-corrected chi connectivity index (χ1v) is 12.2. The first kappa shape index (κ1) is 18.5. The number of halogens is 1. The van der Waals surface area contributed by atoms with Crippen LogP contribution in [-0.2, 0) is 17.0 Å². The van der Waals surface area contributed by atoms with Crippen molar-refractivity contribution in [3.63, 3.8) is 0 Å². The monoisotopic (exact) mass is 546 g/mol. The van der Waals surface area contributed by atoms with E-state index in [1.54, 1.807) is 0 Å². The topological polar surface area (TPSA) is 60.6 Å². The Morgan fingerprint density at radius 2 is 1.79 bits per heavy atom. The lowest BCUT2D eigenvalue weighted by Gasteiger charge is -2.34. The number of hydrogen-bond donors (Lipinski definition) is 1. The molecule has 0 saturated carbocycles. The summed E-state index contributed by atoms with van der Waals surface area (Å²) < 4.78 is 10.5. The van der Waals surface area contributed by atoms with Crippen LogP contribution in [0.15, 0.2) is 60.3 Å². The molecule has 6 nitrogen and oxygen atoms in total. The van der Waals surface area contributed by atoms with Crippen LogP contribution in [0.1, 0.15) is 30.7 Å². The number of para-hydroxylation sites is 2. The minimum atomic E-state index is -0.944. The van der Waals surface area contributed by atoms with Crippen molar-refractivity contribution in [3.8, 4) is 0 Å². The van der Waals surface area contributed by atoms with Gasteiger partial charge in [-0.05, 0) is 52.4 Å². The van der Waals surface area contributed by atoms with E-state index in [-0.39, 0.29) is 6.23 Å². The molecule has 3 aliphatic rings. The summed E-state index contributed by atoms with van der Waals surface area (Å²) in [6.45, 7) is 7.14. The Morgan fingerprint density at radius 3 is 2.55 bits per heavy atom. The predicted octanol–water partition coefficient (Wildman–Crippen LogP) is 6.48. The Bertz CT molecular complexity index is 1770. The van der Waals surface area contributed by atoms with Crippen LogP contribution in [0.5, 0.6) is 0 Å². The zero-order valence-electron chi connectivity index (χ0n) is 17.9. The van der Waals surface area contributed by atoms with Crippen LogP contribution >= 0.6 is 22.6 Å². The van der Waals surface area contributed by atoms with E-state index < -0.39 is 9.27 Å². The summed E-state index contributed by atoms with van der Waals surface area (Å²) in [6.07, 6.45) is 0.208. The largest absolute Gasteiger partial charge is 0.381 e. The van der Waals surface area contributed by atoms with Crippen molar-refractivity contribution in [1.82, 2.24) is 14.5 Å². The molecule has 3 atom stereocenters. The van der Waals surface area contributed by atoms with Crippen molar-refractivity contribution in [3.05, 3.63) is 71.1 Å². The van der Waals surface area contributed by atoms with Crippen LogP contribution < -0.4 is 5.32 Å². The molecule has 2 bridgehead atoms. The van der Waals surface area contributed by atoms with Crippen LogP contribution in [0.25, 0.3) is 49.3 Å². The molecule has 33 heavy (non-hydrogen) atoms. The minimum absolute atomic E-state index is 0.297. The highest BCUT2D eigenvalue weighted by Crippen LogP contribution is 2.60. The summed E-state index contributed by atoms with van der Waals surface area (Å²) in [5.41, 5.74) is 6.95. The molecule has 8 rings (SSSR count). The number of rotatable bonds is 1. The normalized spacial score (nSPS) is 27.7. The second kappa shape index (κ2) is 5.59. The fraction of sp³-hybridized carbons (Fsp3) is 0.231. The molecular formula is C26H19IN4O2. The number of fused-ring (bicyclic) bond motifs is 13. The quantitative estimate of drug-likeness (QED) is 0.113. The van der Waals surface area contributed by atoms with E-state index in [0.29, 0.717) is 6.42 Å². The average molecular weight is 546 g/mol. The Kier molecular flexibility index (Phi) is 3.13. The van der Waals surface area contributed by atoms with Crippen LogP contribution in [0.2, 0.25) is 0 Å². The number of nitrogens with zero attached hydrogens (tertiary/aromatic N) is 3. The first-order chi connectivity index (χ1) is 16.0. The second-order valence-corrected chi connectivity index (χ2v) is 11.3. The van der Waals surface area contributed by atoms with Crippen molar-refractivity contribution in [2.75, 3.05) is 0 Å². The second-order valence-electron chi connectivity index (χ2n) is 9.48. The molecule has 3 aromatic carbocycles. The summed E-state index contributed by atoms with van der Waals surface area (Å²) in [6, 6.07) is 16.9. The highest BCUT2D eigenvalue weighted by Gasteiger charge is 2.62. The summed E-state index contributed by atoms with van der Waals surface area (Å²) >= 11 is 2.22. The molecule has 5 heterocycles. The molecule has 0 spiro atoms. The van der Waals surface area contributed by atoms with Gasteiger partial charge in [0.1, 0.15) is 6.23 Å². The van der Waals surface area contributed by atoms with Gasteiger partial charge >= 0.3 is 0 Å². The van der Waals surface area contributed by atoms with Gasteiger partial charge in [0.2, 0.25) is 3.55 Å². The lowest BCUT2D eigenvalue weighted by molar-refractivity contribution is -0.107. The van der Waals surface area contributed by atoms with Crippen molar-refractivity contribution >= 4 is 71.9 Å². The molecule has 0 amide bonds.